The van der Waals surface area contributed by atoms with E-state index in [1.54, 1.807) is 0 Å². The van der Waals surface area contributed by atoms with Crippen LogP contribution in [0.5, 0.6) is 0 Å². The summed E-state index contributed by atoms with van der Waals surface area (Å²) in [4.78, 5) is 7.16. The second-order valence-electron chi connectivity index (χ2n) is 7.26. The third-order valence-corrected chi connectivity index (χ3v) is 4.74. The van der Waals surface area contributed by atoms with Crippen LogP contribution in [0.2, 0.25) is 0 Å². The molecule has 0 spiro atoms. The smallest absolute Gasteiger partial charge is 0.191 e. The van der Waals surface area contributed by atoms with Crippen molar-refractivity contribution in [1.82, 2.24) is 15.5 Å². The maximum absolute atomic E-state index is 4.60. The first-order chi connectivity index (χ1) is 9.42. The van der Waals surface area contributed by atoms with E-state index in [0.29, 0.717) is 23.5 Å². The predicted octanol–water partition coefficient (Wildman–Crippen LogP) is 2.83. The highest BCUT2D eigenvalue weighted by Gasteiger charge is 2.46. The Hall–Kier alpha value is -0.0400. The highest BCUT2D eigenvalue weighted by molar-refractivity contribution is 14.0. The topological polar surface area (TPSA) is 39.7 Å². The fraction of sp³-hybridized carbons (Fsp3) is 0.938. The molecule has 5 heteroatoms. The summed E-state index contributed by atoms with van der Waals surface area (Å²) in [5.74, 6) is 1.02. The van der Waals surface area contributed by atoms with Gasteiger partial charge in [-0.05, 0) is 45.4 Å². The van der Waals surface area contributed by atoms with Gasteiger partial charge in [-0.15, -0.1) is 24.0 Å². The number of halogens is 1. The molecule has 1 heterocycles. The number of nitrogens with zero attached hydrogens (tertiary/aromatic N) is 2. The van der Waals surface area contributed by atoms with E-state index in [4.69, 9.17) is 0 Å². The van der Waals surface area contributed by atoms with Crippen LogP contribution in [0.4, 0.5) is 0 Å². The molecule has 2 rings (SSSR count). The maximum Gasteiger partial charge on any atom is 0.191 e. The Morgan fingerprint density at radius 1 is 1.24 bits per heavy atom. The Balaban J connectivity index is 0.00000220. The van der Waals surface area contributed by atoms with Crippen molar-refractivity contribution < 1.29 is 0 Å². The lowest BCUT2D eigenvalue weighted by Crippen LogP contribution is -2.50. The van der Waals surface area contributed by atoms with E-state index in [1.807, 2.05) is 0 Å². The van der Waals surface area contributed by atoms with Crippen molar-refractivity contribution >= 4 is 29.9 Å². The molecule has 1 saturated carbocycles. The number of aliphatic imine (C=N–C) groups is 1. The molecule has 2 aliphatic rings. The summed E-state index contributed by atoms with van der Waals surface area (Å²) in [6.45, 7) is 14.5. The SMILES string of the molecule is CCN=C(NC1CCN(C(C)C)CC1)NC1CC1(C)C.I. The van der Waals surface area contributed by atoms with Crippen LogP contribution in [0.3, 0.4) is 0 Å². The van der Waals surface area contributed by atoms with Crippen molar-refractivity contribution in [2.45, 2.75) is 72.0 Å². The van der Waals surface area contributed by atoms with Crippen molar-refractivity contribution in [1.29, 1.82) is 0 Å². The second-order valence-corrected chi connectivity index (χ2v) is 7.26. The van der Waals surface area contributed by atoms with Crippen LogP contribution in [0.1, 0.15) is 53.9 Å². The fourth-order valence-electron chi connectivity index (χ4n) is 2.92. The Bertz CT molecular complexity index is 346. The van der Waals surface area contributed by atoms with Gasteiger partial charge in [0.25, 0.3) is 0 Å². The maximum atomic E-state index is 4.60. The first-order valence-corrected chi connectivity index (χ1v) is 8.24. The van der Waals surface area contributed by atoms with Crippen LogP contribution in [-0.4, -0.2) is 48.6 Å². The molecule has 0 radical (unpaired) electrons. The zero-order valence-corrected chi connectivity index (χ0v) is 16.6. The molecule has 1 saturated heterocycles. The largest absolute Gasteiger partial charge is 0.354 e. The minimum atomic E-state index is 0. The average molecular weight is 408 g/mol. The lowest BCUT2D eigenvalue weighted by Gasteiger charge is -2.35. The van der Waals surface area contributed by atoms with E-state index in [2.05, 4.69) is 55.1 Å². The molecule has 0 aromatic heterocycles. The van der Waals surface area contributed by atoms with Crippen LogP contribution < -0.4 is 10.6 Å². The van der Waals surface area contributed by atoms with Gasteiger partial charge in [-0.1, -0.05) is 13.8 Å². The summed E-state index contributed by atoms with van der Waals surface area (Å²) >= 11 is 0. The van der Waals surface area contributed by atoms with Crippen molar-refractivity contribution in [3.05, 3.63) is 0 Å². The summed E-state index contributed by atoms with van der Waals surface area (Å²) in [6.07, 6.45) is 3.69. The van der Waals surface area contributed by atoms with E-state index in [0.717, 1.165) is 12.5 Å². The van der Waals surface area contributed by atoms with Crippen LogP contribution in [0.25, 0.3) is 0 Å². The first kappa shape index (κ1) is 19.0. The molecule has 2 fully saturated rings. The van der Waals surface area contributed by atoms with Gasteiger partial charge in [0.1, 0.15) is 0 Å². The van der Waals surface area contributed by atoms with Gasteiger partial charge in [-0.3, -0.25) is 4.99 Å². The van der Waals surface area contributed by atoms with Gasteiger partial charge in [0, 0.05) is 37.8 Å². The molecule has 21 heavy (non-hydrogen) atoms. The van der Waals surface area contributed by atoms with E-state index < -0.39 is 0 Å². The lowest BCUT2D eigenvalue weighted by atomic mass is 10.0. The minimum absolute atomic E-state index is 0. The Labute approximate surface area is 147 Å². The summed E-state index contributed by atoms with van der Waals surface area (Å²) in [6, 6.07) is 1.84. The first-order valence-electron chi connectivity index (χ1n) is 8.24. The molecule has 1 aliphatic heterocycles. The van der Waals surface area contributed by atoms with Crippen molar-refractivity contribution in [2.75, 3.05) is 19.6 Å². The molecular formula is C16H33IN4. The van der Waals surface area contributed by atoms with E-state index in [9.17, 15) is 0 Å². The molecule has 0 aromatic carbocycles. The number of likely N-dealkylation sites (tertiary alicyclic amines) is 1. The van der Waals surface area contributed by atoms with Gasteiger partial charge in [0.2, 0.25) is 0 Å². The molecular weight excluding hydrogens is 375 g/mol. The number of nitrogens with one attached hydrogen (secondary N) is 2. The van der Waals surface area contributed by atoms with Gasteiger partial charge >= 0.3 is 0 Å². The van der Waals surface area contributed by atoms with Gasteiger partial charge in [-0.25, -0.2) is 0 Å². The van der Waals surface area contributed by atoms with E-state index in [-0.39, 0.29) is 24.0 Å². The van der Waals surface area contributed by atoms with Crippen LogP contribution in [0.15, 0.2) is 4.99 Å². The quantitative estimate of drug-likeness (QED) is 0.427. The van der Waals surface area contributed by atoms with E-state index in [1.165, 1.54) is 32.4 Å². The van der Waals surface area contributed by atoms with Crippen LogP contribution in [-0.2, 0) is 0 Å². The molecule has 2 N–H and O–H groups in total. The van der Waals surface area contributed by atoms with Gasteiger partial charge in [0.05, 0.1) is 0 Å². The van der Waals surface area contributed by atoms with Gasteiger partial charge < -0.3 is 15.5 Å². The summed E-state index contributed by atoms with van der Waals surface area (Å²) in [7, 11) is 0. The average Bonchev–Trinajstić information content (AvgIpc) is 2.97. The van der Waals surface area contributed by atoms with Gasteiger partial charge in [0.15, 0.2) is 5.96 Å². The highest BCUT2D eigenvalue weighted by atomic mass is 127. The number of guanidine groups is 1. The normalized spacial score (nSPS) is 26.4. The Morgan fingerprint density at radius 2 is 1.81 bits per heavy atom. The van der Waals surface area contributed by atoms with E-state index >= 15 is 0 Å². The number of piperidine rings is 1. The molecule has 0 aromatic rings. The van der Waals surface area contributed by atoms with Crippen LogP contribution in [0, 0.1) is 5.41 Å². The molecule has 4 nitrogen and oxygen atoms in total. The van der Waals surface area contributed by atoms with Crippen molar-refractivity contribution in [2.24, 2.45) is 10.4 Å². The number of hydrogen-bond donors (Lipinski definition) is 2. The minimum Gasteiger partial charge on any atom is -0.354 e. The Kier molecular flexibility index (Phi) is 7.24. The van der Waals surface area contributed by atoms with Crippen molar-refractivity contribution in [3.63, 3.8) is 0 Å². The van der Waals surface area contributed by atoms with Crippen LogP contribution >= 0.6 is 24.0 Å². The second kappa shape index (κ2) is 7.99. The Morgan fingerprint density at radius 3 is 2.24 bits per heavy atom. The summed E-state index contributed by atoms with van der Waals surface area (Å²) in [5, 5.41) is 7.23. The molecule has 1 atom stereocenters. The standard InChI is InChI=1S/C16H32N4.HI/c1-6-17-15(19-14-11-16(14,4)5)18-13-7-9-20(10-8-13)12(2)3;/h12-14H,6-11H2,1-5H3,(H2,17,18,19);1H. The molecule has 0 amide bonds. The zero-order valence-electron chi connectivity index (χ0n) is 14.3. The lowest BCUT2D eigenvalue weighted by molar-refractivity contribution is 0.167. The van der Waals surface area contributed by atoms with Gasteiger partial charge in [-0.2, -0.15) is 0 Å². The predicted molar refractivity (Wildman–Crippen MR) is 102 cm³/mol. The fourth-order valence-corrected chi connectivity index (χ4v) is 2.92. The summed E-state index contributed by atoms with van der Waals surface area (Å²) in [5.41, 5.74) is 0.442. The third-order valence-electron chi connectivity index (χ3n) is 4.74. The number of hydrogen-bond acceptors (Lipinski definition) is 2. The number of rotatable bonds is 4. The molecule has 1 aliphatic carbocycles. The highest BCUT2D eigenvalue weighted by Crippen LogP contribution is 2.44. The third kappa shape index (κ3) is 5.58. The molecule has 1 unspecified atom stereocenters. The molecule has 0 bridgehead atoms. The summed E-state index contributed by atoms with van der Waals surface area (Å²) < 4.78 is 0. The zero-order chi connectivity index (χ0) is 14.8. The molecule has 124 valence electrons. The monoisotopic (exact) mass is 408 g/mol. The van der Waals surface area contributed by atoms with Crippen molar-refractivity contribution in [3.8, 4) is 0 Å².